The lowest BCUT2D eigenvalue weighted by molar-refractivity contribution is 0.0255. The number of benzene rings is 4. The number of hydrogen-bond donors (Lipinski definition) is 0. The van der Waals surface area contributed by atoms with E-state index >= 15 is 0 Å². The van der Waals surface area contributed by atoms with Gasteiger partial charge in [0.05, 0.1) is 5.56 Å². The van der Waals surface area contributed by atoms with Crippen LogP contribution in [0.2, 0.25) is 13.1 Å². The van der Waals surface area contributed by atoms with Crippen molar-refractivity contribution >= 4 is 35.8 Å². The summed E-state index contributed by atoms with van der Waals surface area (Å²) in [5, 5.41) is 19.1. The highest BCUT2D eigenvalue weighted by molar-refractivity contribution is 7.01. The lowest BCUT2D eigenvalue weighted by Crippen LogP contribution is -2.63. The quantitative estimate of drug-likeness (QED) is 0.145. The van der Waals surface area contributed by atoms with Gasteiger partial charge in [-0.3, -0.25) is 0 Å². The molecule has 0 aliphatic carbocycles. The highest BCUT2D eigenvalue weighted by Gasteiger charge is 2.56. The van der Waals surface area contributed by atoms with Crippen molar-refractivity contribution in [3.8, 4) is 22.5 Å². The van der Waals surface area contributed by atoms with Crippen molar-refractivity contribution in [3.63, 3.8) is 0 Å². The summed E-state index contributed by atoms with van der Waals surface area (Å²) in [5.74, 6) is 0.724. The van der Waals surface area contributed by atoms with Gasteiger partial charge in [0.15, 0.2) is 11.4 Å². The lowest BCUT2D eigenvalue weighted by atomic mass is 9.78. The Labute approximate surface area is 283 Å². The van der Waals surface area contributed by atoms with Crippen molar-refractivity contribution in [2.24, 2.45) is 0 Å². The van der Waals surface area contributed by atoms with Gasteiger partial charge in [0.2, 0.25) is 5.82 Å². The molecule has 0 radical (unpaired) electrons. The minimum atomic E-state index is -2.26. The van der Waals surface area contributed by atoms with Crippen LogP contribution in [0.4, 0.5) is 11.4 Å². The molecular weight excluding hydrogens is 613 g/mol. The molecule has 7 rings (SSSR count). The summed E-state index contributed by atoms with van der Waals surface area (Å²) in [6.07, 6.45) is 0. The Kier molecular flexibility index (Phi) is 7.90. The van der Waals surface area contributed by atoms with E-state index in [1.807, 2.05) is 24.3 Å². The lowest BCUT2D eigenvalue weighted by Gasteiger charge is -2.44. The van der Waals surface area contributed by atoms with E-state index in [1.54, 1.807) is 6.92 Å². The Morgan fingerprint density at radius 1 is 0.625 bits per heavy atom. The molecule has 1 aromatic heterocycles. The van der Waals surface area contributed by atoms with Gasteiger partial charge in [-0.15, -0.1) is 20.4 Å². The largest absolute Gasteiger partial charge is 0.441 e. The summed E-state index contributed by atoms with van der Waals surface area (Å²) < 4.78 is 6.72. The molecular formula is C39H42N6O2Si. The van der Waals surface area contributed by atoms with Gasteiger partial charge in [-0.1, -0.05) is 55.6 Å². The minimum absolute atomic E-state index is 0.290. The number of anilines is 2. The normalized spacial score (nSPS) is 15.0. The van der Waals surface area contributed by atoms with Gasteiger partial charge >= 0.3 is 5.97 Å². The number of ether oxygens (including phenoxy) is 1. The number of rotatable bonds is 8. The first-order valence-electron chi connectivity index (χ1n) is 17.0. The van der Waals surface area contributed by atoms with Crippen LogP contribution in [0.3, 0.4) is 0 Å². The van der Waals surface area contributed by atoms with Crippen molar-refractivity contribution in [3.05, 3.63) is 107 Å². The number of nitrogens with zero attached hydrogens (tertiary/aromatic N) is 6. The Hall–Kier alpha value is -4.89. The Morgan fingerprint density at radius 2 is 1.12 bits per heavy atom. The number of hydrogen-bond acceptors (Lipinski definition) is 8. The molecule has 0 atom stereocenters. The van der Waals surface area contributed by atoms with E-state index in [1.165, 1.54) is 21.7 Å². The summed E-state index contributed by atoms with van der Waals surface area (Å²) >= 11 is 0. The van der Waals surface area contributed by atoms with Gasteiger partial charge < -0.3 is 14.5 Å². The van der Waals surface area contributed by atoms with Gasteiger partial charge in [-0.25, -0.2) is 4.79 Å². The van der Waals surface area contributed by atoms with Gasteiger partial charge in [0.1, 0.15) is 8.07 Å². The molecule has 0 saturated carbocycles. The van der Waals surface area contributed by atoms with E-state index in [2.05, 4.69) is 126 Å². The molecule has 0 fully saturated rings. The third-order valence-corrected chi connectivity index (χ3v) is 13.8. The predicted octanol–water partition coefficient (Wildman–Crippen LogP) is 6.20. The molecule has 2 aliphatic heterocycles. The predicted molar refractivity (Wildman–Crippen MR) is 195 cm³/mol. The van der Waals surface area contributed by atoms with Crippen LogP contribution in [0, 0.1) is 6.92 Å². The maximum absolute atomic E-state index is 13.9. The summed E-state index contributed by atoms with van der Waals surface area (Å²) in [7, 11) is -2.26. The van der Waals surface area contributed by atoms with Gasteiger partial charge in [-0.2, -0.15) is 0 Å². The fourth-order valence-corrected chi connectivity index (χ4v) is 10.8. The topological polar surface area (TPSA) is 84.3 Å². The maximum atomic E-state index is 13.9. The molecule has 2 aliphatic rings. The first kappa shape index (κ1) is 31.7. The molecule has 1 spiro atoms. The molecule has 4 aromatic carbocycles. The molecule has 0 bridgehead atoms. The van der Waals surface area contributed by atoms with Crippen molar-refractivity contribution in [2.45, 2.75) is 53.3 Å². The molecule has 3 heterocycles. The Balaban J connectivity index is 1.44. The molecule has 9 heteroatoms. The summed E-state index contributed by atoms with van der Waals surface area (Å²) in [6.45, 7) is 19.1. The number of carbonyl (C=O) groups excluding carboxylic acids is 1. The average Bonchev–Trinajstić information content (AvgIpc) is 3.41. The Morgan fingerprint density at radius 3 is 1.65 bits per heavy atom. The van der Waals surface area contributed by atoms with Gasteiger partial charge in [-0.05, 0) is 92.5 Å². The first-order chi connectivity index (χ1) is 23.2. The second kappa shape index (κ2) is 12.0. The Bertz CT molecular complexity index is 1950. The summed E-state index contributed by atoms with van der Waals surface area (Å²) in [4.78, 5) is 18.7. The van der Waals surface area contributed by atoms with E-state index in [9.17, 15) is 4.79 Å². The number of aryl methyl sites for hydroxylation is 1. The van der Waals surface area contributed by atoms with Gasteiger partial charge in [0, 0.05) is 59.8 Å². The van der Waals surface area contributed by atoms with Crippen LogP contribution in [0.25, 0.3) is 22.5 Å². The maximum Gasteiger partial charge on any atom is 0.340 e. The molecule has 8 nitrogen and oxygen atoms in total. The zero-order valence-electron chi connectivity index (χ0n) is 28.8. The highest BCUT2D eigenvalue weighted by Crippen LogP contribution is 2.50. The second-order valence-electron chi connectivity index (χ2n) is 13.1. The number of fused-ring (bicyclic) bond motifs is 6. The van der Waals surface area contributed by atoms with Crippen LogP contribution in [0.1, 0.15) is 60.6 Å². The van der Waals surface area contributed by atoms with E-state index in [0.29, 0.717) is 17.2 Å². The zero-order valence-corrected chi connectivity index (χ0v) is 29.8. The van der Waals surface area contributed by atoms with Crippen LogP contribution in [0.5, 0.6) is 0 Å². The number of carbonyl (C=O) groups is 1. The molecule has 0 saturated heterocycles. The average molecular weight is 655 g/mol. The smallest absolute Gasteiger partial charge is 0.340 e. The van der Waals surface area contributed by atoms with Crippen LogP contribution in [-0.2, 0) is 10.3 Å². The fraction of sp³-hybridized carbons (Fsp3) is 0.308. The molecule has 0 amide bonds. The van der Waals surface area contributed by atoms with E-state index in [-0.39, 0.29) is 5.97 Å². The molecule has 0 N–H and O–H groups in total. The van der Waals surface area contributed by atoms with Crippen LogP contribution in [-0.4, -0.2) is 60.6 Å². The second-order valence-corrected chi connectivity index (χ2v) is 17.4. The molecule has 48 heavy (non-hydrogen) atoms. The third-order valence-electron chi connectivity index (χ3n) is 10.3. The highest BCUT2D eigenvalue weighted by atomic mass is 28.3. The van der Waals surface area contributed by atoms with Gasteiger partial charge in [0.25, 0.3) is 0 Å². The molecule has 5 aromatic rings. The van der Waals surface area contributed by atoms with Crippen LogP contribution < -0.4 is 20.2 Å². The summed E-state index contributed by atoms with van der Waals surface area (Å²) in [6, 6.07) is 27.8. The SMILES string of the molecule is CCN(CC)c1ccc2c(c1)[Si](C)(C)c1cc(N(CC)CC)ccc1C21OC(=O)c2ccc(-c3ccc(-c4nnc(C)nn4)cc3)cc21. The monoisotopic (exact) mass is 654 g/mol. The van der Waals surface area contributed by atoms with Crippen molar-refractivity contribution in [1.82, 2.24) is 20.4 Å². The minimum Gasteiger partial charge on any atom is -0.441 e. The summed E-state index contributed by atoms with van der Waals surface area (Å²) in [5.41, 5.74) is 7.88. The van der Waals surface area contributed by atoms with E-state index < -0.39 is 13.7 Å². The van der Waals surface area contributed by atoms with Crippen molar-refractivity contribution in [1.29, 1.82) is 0 Å². The van der Waals surface area contributed by atoms with E-state index in [4.69, 9.17) is 4.74 Å². The van der Waals surface area contributed by atoms with E-state index in [0.717, 1.165) is 59.6 Å². The standard InChI is InChI=1S/C39H42N6O2Si/c1-8-44(9-2)29-17-20-32-35(23-29)48(6,7)36-24-30(45(10-3)11-4)18-21-33(36)39(32)34-22-28(16-19-31(34)38(46)47-39)26-12-14-27(15-13-26)37-42-40-25(5)41-43-37/h12-24H,8-11H2,1-7H3. The van der Waals surface area contributed by atoms with Crippen molar-refractivity contribution < 1.29 is 9.53 Å². The van der Waals surface area contributed by atoms with Crippen LogP contribution in [0.15, 0.2) is 78.9 Å². The molecule has 0 unspecified atom stereocenters. The number of esters is 1. The fourth-order valence-electron chi connectivity index (χ4n) is 7.62. The van der Waals surface area contributed by atoms with Crippen molar-refractivity contribution in [2.75, 3.05) is 36.0 Å². The van der Waals surface area contributed by atoms with Crippen LogP contribution >= 0.6 is 0 Å². The zero-order chi connectivity index (χ0) is 33.8. The first-order valence-corrected chi connectivity index (χ1v) is 20.0. The number of aromatic nitrogens is 4. The molecule has 244 valence electrons. The third kappa shape index (κ3) is 4.82.